The molecule has 2 aromatic carbocycles. The fraction of sp³-hybridized carbons (Fsp3) is 0.133. The number of hydrogen-bond acceptors (Lipinski definition) is 4. The van der Waals surface area contributed by atoms with E-state index in [0.29, 0.717) is 11.6 Å². The second-order valence-electron chi connectivity index (χ2n) is 4.39. The SMILES string of the molecule is COC(=O)c1cc(NCc2ccc(Cl)cc2)c(F)cc1N. The number of benzene rings is 2. The molecule has 0 amide bonds. The van der Waals surface area contributed by atoms with Crippen LogP contribution in [-0.2, 0) is 11.3 Å². The maximum Gasteiger partial charge on any atom is 0.340 e. The lowest BCUT2D eigenvalue weighted by atomic mass is 10.1. The number of ether oxygens (including phenoxy) is 1. The van der Waals surface area contributed by atoms with E-state index in [4.69, 9.17) is 17.3 Å². The molecule has 0 spiro atoms. The van der Waals surface area contributed by atoms with Crippen LogP contribution in [0.4, 0.5) is 15.8 Å². The van der Waals surface area contributed by atoms with Crippen LogP contribution in [0.1, 0.15) is 15.9 Å². The quantitative estimate of drug-likeness (QED) is 0.670. The Morgan fingerprint density at radius 1 is 1.33 bits per heavy atom. The Bertz CT molecular complexity index is 659. The lowest BCUT2D eigenvalue weighted by molar-refractivity contribution is 0.0602. The average molecular weight is 309 g/mol. The maximum atomic E-state index is 13.8. The van der Waals surface area contributed by atoms with E-state index in [9.17, 15) is 9.18 Å². The summed E-state index contributed by atoms with van der Waals surface area (Å²) in [6.45, 7) is 0.388. The first kappa shape index (κ1) is 15.1. The van der Waals surface area contributed by atoms with Gasteiger partial charge in [0.1, 0.15) is 5.82 Å². The Morgan fingerprint density at radius 3 is 2.62 bits per heavy atom. The number of nitrogen functional groups attached to an aromatic ring is 1. The third-order valence-corrected chi connectivity index (χ3v) is 3.19. The van der Waals surface area contributed by atoms with E-state index in [1.807, 2.05) is 12.1 Å². The van der Waals surface area contributed by atoms with Crippen molar-refractivity contribution in [2.45, 2.75) is 6.54 Å². The Balaban J connectivity index is 2.19. The summed E-state index contributed by atoms with van der Waals surface area (Å²) in [5.74, 6) is -1.14. The predicted octanol–water partition coefficient (Wildman–Crippen LogP) is 3.46. The molecule has 0 aliphatic carbocycles. The average Bonchev–Trinajstić information content (AvgIpc) is 2.47. The number of nitrogens with one attached hydrogen (secondary N) is 1. The second kappa shape index (κ2) is 6.45. The molecule has 0 heterocycles. The molecule has 0 aliphatic rings. The number of halogens is 2. The van der Waals surface area contributed by atoms with Crippen LogP contribution in [0.25, 0.3) is 0 Å². The third kappa shape index (κ3) is 3.64. The monoisotopic (exact) mass is 308 g/mol. The molecule has 6 heteroatoms. The van der Waals surface area contributed by atoms with Crippen LogP contribution in [0.5, 0.6) is 0 Å². The van der Waals surface area contributed by atoms with Crippen LogP contribution in [0.3, 0.4) is 0 Å². The minimum atomic E-state index is -0.609. The highest BCUT2D eigenvalue weighted by atomic mass is 35.5. The van der Waals surface area contributed by atoms with Crippen molar-refractivity contribution in [3.05, 3.63) is 58.4 Å². The Morgan fingerprint density at radius 2 is 2.00 bits per heavy atom. The minimum Gasteiger partial charge on any atom is -0.465 e. The number of carbonyl (C=O) groups is 1. The lowest BCUT2D eigenvalue weighted by Gasteiger charge is -2.11. The van der Waals surface area contributed by atoms with Crippen molar-refractivity contribution in [3.63, 3.8) is 0 Å². The zero-order valence-electron chi connectivity index (χ0n) is 11.3. The van der Waals surface area contributed by atoms with Gasteiger partial charge in [-0.3, -0.25) is 0 Å². The van der Waals surface area contributed by atoms with Gasteiger partial charge in [-0.2, -0.15) is 0 Å². The summed E-state index contributed by atoms with van der Waals surface area (Å²) in [6, 6.07) is 9.58. The van der Waals surface area contributed by atoms with Gasteiger partial charge in [0, 0.05) is 17.3 Å². The summed E-state index contributed by atoms with van der Waals surface area (Å²) in [5.41, 5.74) is 6.87. The summed E-state index contributed by atoms with van der Waals surface area (Å²) in [4.78, 5) is 11.5. The van der Waals surface area contributed by atoms with Gasteiger partial charge in [-0.25, -0.2) is 9.18 Å². The largest absolute Gasteiger partial charge is 0.465 e. The molecule has 110 valence electrons. The molecule has 0 aromatic heterocycles. The van der Waals surface area contributed by atoms with Gasteiger partial charge in [-0.05, 0) is 29.8 Å². The molecular weight excluding hydrogens is 295 g/mol. The van der Waals surface area contributed by atoms with Gasteiger partial charge in [-0.1, -0.05) is 23.7 Å². The van der Waals surface area contributed by atoms with E-state index in [2.05, 4.69) is 10.1 Å². The van der Waals surface area contributed by atoms with Crippen LogP contribution in [0.2, 0.25) is 5.02 Å². The van der Waals surface area contributed by atoms with Crippen molar-refractivity contribution in [1.82, 2.24) is 0 Å². The molecule has 0 fully saturated rings. The molecule has 0 saturated carbocycles. The fourth-order valence-corrected chi connectivity index (χ4v) is 1.94. The number of anilines is 2. The first-order chi connectivity index (χ1) is 10.0. The standard InChI is InChI=1S/C15H14ClFN2O2/c1-21-15(20)11-6-14(12(17)7-13(11)18)19-8-9-2-4-10(16)5-3-9/h2-7,19H,8,18H2,1H3. The Labute approximate surface area is 126 Å². The van der Waals surface area contributed by atoms with E-state index in [0.717, 1.165) is 11.6 Å². The number of carbonyl (C=O) groups excluding carboxylic acids is 1. The van der Waals surface area contributed by atoms with Crippen molar-refractivity contribution in [1.29, 1.82) is 0 Å². The number of hydrogen-bond donors (Lipinski definition) is 2. The van der Waals surface area contributed by atoms with E-state index in [1.54, 1.807) is 12.1 Å². The summed E-state index contributed by atoms with van der Waals surface area (Å²) in [5, 5.41) is 3.54. The smallest absolute Gasteiger partial charge is 0.340 e. The van der Waals surface area contributed by atoms with Crippen molar-refractivity contribution < 1.29 is 13.9 Å². The first-order valence-electron chi connectivity index (χ1n) is 6.17. The minimum absolute atomic E-state index is 0.0383. The number of methoxy groups -OCH3 is 1. The molecule has 0 saturated heterocycles. The van der Waals surface area contributed by atoms with E-state index in [1.165, 1.54) is 13.2 Å². The number of rotatable bonds is 4. The Kier molecular flexibility index (Phi) is 4.65. The molecule has 21 heavy (non-hydrogen) atoms. The lowest BCUT2D eigenvalue weighted by Crippen LogP contribution is -2.09. The van der Waals surface area contributed by atoms with E-state index < -0.39 is 11.8 Å². The van der Waals surface area contributed by atoms with Crippen molar-refractivity contribution in [2.75, 3.05) is 18.2 Å². The molecule has 4 nitrogen and oxygen atoms in total. The molecule has 2 aromatic rings. The third-order valence-electron chi connectivity index (χ3n) is 2.94. The topological polar surface area (TPSA) is 64.3 Å². The van der Waals surface area contributed by atoms with Crippen LogP contribution in [0.15, 0.2) is 36.4 Å². The van der Waals surface area contributed by atoms with Gasteiger partial charge in [0.15, 0.2) is 0 Å². The molecule has 0 bridgehead atoms. The molecule has 3 N–H and O–H groups in total. The van der Waals surface area contributed by atoms with Crippen LogP contribution < -0.4 is 11.1 Å². The van der Waals surface area contributed by atoms with Crippen molar-refractivity contribution in [2.24, 2.45) is 0 Å². The van der Waals surface area contributed by atoms with Crippen LogP contribution >= 0.6 is 11.6 Å². The highest BCUT2D eigenvalue weighted by Crippen LogP contribution is 2.23. The molecule has 2 rings (SSSR count). The summed E-state index contributed by atoms with van der Waals surface area (Å²) < 4.78 is 18.5. The maximum absolute atomic E-state index is 13.8. The van der Waals surface area contributed by atoms with Gasteiger partial charge in [0.2, 0.25) is 0 Å². The first-order valence-corrected chi connectivity index (χ1v) is 6.54. The molecule has 0 atom stereocenters. The molecule has 0 aliphatic heterocycles. The van der Waals surface area contributed by atoms with Crippen molar-refractivity contribution in [3.8, 4) is 0 Å². The van der Waals surface area contributed by atoms with E-state index in [-0.39, 0.29) is 16.9 Å². The van der Waals surface area contributed by atoms with Crippen LogP contribution in [-0.4, -0.2) is 13.1 Å². The summed E-state index contributed by atoms with van der Waals surface area (Å²) in [7, 11) is 1.24. The number of esters is 1. The normalized spacial score (nSPS) is 10.2. The van der Waals surface area contributed by atoms with Crippen LogP contribution in [0, 0.1) is 5.82 Å². The van der Waals surface area contributed by atoms with Gasteiger partial charge >= 0.3 is 5.97 Å². The number of nitrogens with two attached hydrogens (primary N) is 1. The zero-order valence-corrected chi connectivity index (χ0v) is 12.1. The highest BCUT2D eigenvalue weighted by Gasteiger charge is 2.14. The van der Waals surface area contributed by atoms with Gasteiger partial charge in [0.25, 0.3) is 0 Å². The van der Waals surface area contributed by atoms with E-state index >= 15 is 0 Å². The van der Waals surface area contributed by atoms with Gasteiger partial charge < -0.3 is 15.8 Å². The fourth-order valence-electron chi connectivity index (χ4n) is 1.81. The summed E-state index contributed by atoms with van der Waals surface area (Å²) >= 11 is 5.80. The van der Waals surface area contributed by atoms with Gasteiger partial charge in [0.05, 0.1) is 18.4 Å². The van der Waals surface area contributed by atoms with Crippen molar-refractivity contribution >= 4 is 28.9 Å². The summed E-state index contributed by atoms with van der Waals surface area (Å²) in [6.07, 6.45) is 0. The molecule has 0 unspecified atom stereocenters. The highest BCUT2D eigenvalue weighted by molar-refractivity contribution is 6.30. The zero-order chi connectivity index (χ0) is 15.4. The second-order valence-corrected chi connectivity index (χ2v) is 4.83. The Hall–Kier alpha value is -2.27. The molecule has 0 radical (unpaired) electrons. The van der Waals surface area contributed by atoms with Gasteiger partial charge in [-0.15, -0.1) is 0 Å². The predicted molar refractivity (Wildman–Crippen MR) is 80.9 cm³/mol. The molecular formula is C15H14ClFN2O2.